The second-order valence-corrected chi connectivity index (χ2v) is 9.81. The first-order valence-corrected chi connectivity index (χ1v) is 12.8. The van der Waals surface area contributed by atoms with Crippen LogP contribution in [0.2, 0.25) is 10.0 Å². The predicted octanol–water partition coefficient (Wildman–Crippen LogP) is 4.66. The Morgan fingerprint density at radius 1 is 0.921 bits per heavy atom. The SMILES string of the molecule is COc1ccc(C(=O)N[C@@H](c2ccc(Cl)cc2)[C@H](NC(=O)N2CCNC(=O)C2)c2ccc(Cl)cc2)c(C)c1. The number of benzene rings is 3. The Morgan fingerprint density at radius 3 is 2.03 bits per heavy atom. The number of halogens is 2. The predicted molar refractivity (Wildman–Crippen MR) is 147 cm³/mol. The summed E-state index contributed by atoms with van der Waals surface area (Å²) in [6.07, 6.45) is 0. The Balaban J connectivity index is 1.73. The van der Waals surface area contributed by atoms with Crippen molar-refractivity contribution in [1.82, 2.24) is 20.9 Å². The van der Waals surface area contributed by atoms with Crippen molar-refractivity contribution in [3.05, 3.63) is 99.0 Å². The first kappa shape index (κ1) is 27.3. The molecule has 3 aromatic carbocycles. The van der Waals surface area contributed by atoms with Crippen LogP contribution in [0.15, 0.2) is 66.7 Å². The molecule has 4 rings (SSSR count). The molecule has 0 saturated carbocycles. The molecule has 1 aliphatic rings. The average Bonchev–Trinajstić information content (AvgIpc) is 2.91. The summed E-state index contributed by atoms with van der Waals surface area (Å²) in [5, 5.41) is 9.94. The van der Waals surface area contributed by atoms with Gasteiger partial charge in [-0.2, -0.15) is 0 Å². The minimum absolute atomic E-state index is 0.0534. The molecule has 0 aromatic heterocycles. The van der Waals surface area contributed by atoms with Crippen LogP contribution in [0.1, 0.15) is 39.1 Å². The minimum Gasteiger partial charge on any atom is -0.497 e. The van der Waals surface area contributed by atoms with Gasteiger partial charge in [-0.3, -0.25) is 9.59 Å². The van der Waals surface area contributed by atoms with Crippen molar-refractivity contribution in [1.29, 1.82) is 0 Å². The van der Waals surface area contributed by atoms with Crippen molar-refractivity contribution in [2.45, 2.75) is 19.0 Å². The number of nitrogens with one attached hydrogen (secondary N) is 3. The number of rotatable bonds is 7. The van der Waals surface area contributed by atoms with Crippen molar-refractivity contribution in [2.24, 2.45) is 0 Å². The lowest BCUT2D eigenvalue weighted by Crippen LogP contribution is -2.54. The number of carbonyl (C=O) groups is 3. The smallest absolute Gasteiger partial charge is 0.318 e. The van der Waals surface area contributed by atoms with Crippen LogP contribution in [0.3, 0.4) is 0 Å². The third-order valence-corrected chi connectivity index (χ3v) is 6.86. The maximum Gasteiger partial charge on any atom is 0.318 e. The molecule has 38 heavy (non-hydrogen) atoms. The van der Waals surface area contributed by atoms with Gasteiger partial charge in [0.2, 0.25) is 5.91 Å². The molecule has 0 aliphatic carbocycles. The minimum atomic E-state index is -0.701. The average molecular weight is 555 g/mol. The summed E-state index contributed by atoms with van der Waals surface area (Å²) in [5.74, 6) is 0.0906. The number of nitrogens with zero attached hydrogens (tertiary/aromatic N) is 1. The summed E-state index contributed by atoms with van der Waals surface area (Å²) >= 11 is 12.3. The molecule has 8 nitrogen and oxygen atoms in total. The zero-order chi connectivity index (χ0) is 27.2. The number of amides is 4. The second-order valence-electron chi connectivity index (χ2n) is 8.93. The maximum atomic E-state index is 13.6. The van der Waals surface area contributed by atoms with Gasteiger partial charge in [0.05, 0.1) is 19.2 Å². The largest absolute Gasteiger partial charge is 0.497 e. The summed E-state index contributed by atoms with van der Waals surface area (Å²) in [4.78, 5) is 40.2. The highest BCUT2D eigenvalue weighted by atomic mass is 35.5. The molecule has 2 atom stereocenters. The van der Waals surface area contributed by atoms with Crippen molar-refractivity contribution in [3.8, 4) is 5.75 Å². The summed E-state index contributed by atoms with van der Waals surface area (Å²) in [6.45, 7) is 2.51. The Hall–Kier alpha value is -3.75. The molecule has 1 heterocycles. The number of hydrogen-bond donors (Lipinski definition) is 3. The van der Waals surface area contributed by atoms with E-state index in [4.69, 9.17) is 27.9 Å². The second kappa shape index (κ2) is 12.2. The van der Waals surface area contributed by atoms with Crippen LogP contribution in [-0.2, 0) is 4.79 Å². The fourth-order valence-electron chi connectivity index (χ4n) is 4.33. The molecule has 10 heteroatoms. The van der Waals surface area contributed by atoms with Gasteiger partial charge in [0.1, 0.15) is 12.3 Å². The van der Waals surface area contributed by atoms with Gasteiger partial charge in [-0.25, -0.2) is 4.79 Å². The van der Waals surface area contributed by atoms with Crippen molar-refractivity contribution >= 4 is 41.0 Å². The molecule has 1 saturated heterocycles. The van der Waals surface area contributed by atoms with Crippen LogP contribution in [0, 0.1) is 6.92 Å². The van der Waals surface area contributed by atoms with E-state index in [-0.39, 0.29) is 18.4 Å². The standard InChI is InChI=1S/C28H28Cl2N4O4/c1-17-15-22(38-2)11-12-23(17)27(36)32-25(18-3-7-20(29)8-4-18)26(19-5-9-21(30)10-6-19)33-28(37)34-14-13-31-24(35)16-34/h3-12,15,25-26H,13-14,16H2,1-2H3,(H,31,35)(H,32,36)(H,33,37)/t25-,26+/m0/s1. The third kappa shape index (κ3) is 6.57. The summed E-state index contributed by atoms with van der Waals surface area (Å²) in [6, 6.07) is 17.5. The van der Waals surface area contributed by atoms with Gasteiger partial charge in [0.15, 0.2) is 0 Å². The third-order valence-electron chi connectivity index (χ3n) is 6.36. The van der Waals surface area contributed by atoms with Gasteiger partial charge in [-0.05, 0) is 66.1 Å². The molecule has 1 aliphatic heterocycles. The lowest BCUT2D eigenvalue weighted by atomic mass is 9.92. The molecular formula is C28H28Cl2N4O4. The zero-order valence-electron chi connectivity index (χ0n) is 21.0. The number of urea groups is 1. The Kier molecular flexibility index (Phi) is 8.76. The number of carbonyl (C=O) groups excluding carboxylic acids is 3. The van der Waals surface area contributed by atoms with E-state index in [0.29, 0.717) is 34.4 Å². The van der Waals surface area contributed by atoms with Gasteiger partial charge in [0.25, 0.3) is 5.91 Å². The summed E-state index contributed by atoms with van der Waals surface area (Å²) in [7, 11) is 1.57. The number of ether oxygens (including phenoxy) is 1. The lowest BCUT2D eigenvalue weighted by molar-refractivity contribution is -0.123. The van der Waals surface area contributed by atoms with Gasteiger partial charge in [-0.1, -0.05) is 47.5 Å². The van der Waals surface area contributed by atoms with E-state index in [2.05, 4.69) is 16.0 Å². The Morgan fingerprint density at radius 2 is 1.50 bits per heavy atom. The zero-order valence-corrected chi connectivity index (χ0v) is 22.5. The number of aryl methyl sites for hydroxylation is 1. The first-order chi connectivity index (χ1) is 18.2. The van der Waals surface area contributed by atoms with E-state index in [1.165, 1.54) is 4.90 Å². The molecule has 3 N–H and O–H groups in total. The van der Waals surface area contributed by atoms with Gasteiger partial charge >= 0.3 is 6.03 Å². The van der Waals surface area contributed by atoms with Gasteiger partial charge in [-0.15, -0.1) is 0 Å². The monoisotopic (exact) mass is 554 g/mol. The van der Waals surface area contributed by atoms with E-state index in [1.807, 2.05) is 6.92 Å². The topological polar surface area (TPSA) is 99.8 Å². The summed E-state index contributed by atoms with van der Waals surface area (Å²) < 4.78 is 5.27. The fourth-order valence-corrected chi connectivity index (χ4v) is 4.58. The van der Waals surface area contributed by atoms with Crippen molar-refractivity contribution in [3.63, 3.8) is 0 Å². The van der Waals surface area contributed by atoms with Crippen LogP contribution in [0.5, 0.6) is 5.75 Å². The van der Waals surface area contributed by atoms with Crippen LogP contribution in [0.4, 0.5) is 4.79 Å². The number of methoxy groups -OCH3 is 1. The van der Waals surface area contributed by atoms with E-state index >= 15 is 0 Å². The fraction of sp³-hybridized carbons (Fsp3) is 0.250. The molecule has 0 bridgehead atoms. The van der Waals surface area contributed by atoms with E-state index in [9.17, 15) is 14.4 Å². The van der Waals surface area contributed by atoms with E-state index in [0.717, 1.165) is 16.7 Å². The molecule has 1 fully saturated rings. The van der Waals surface area contributed by atoms with Gasteiger partial charge in [0, 0.05) is 28.7 Å². The molecule has 3 aromatic rings. The molecule has 0 unspecified atom stereocenters. The van der Waals surface area contributed by atoms with E-state index in [1.54, 1.807) is 73.8 Å². The first-order valence-electron chi connectivity index (χ1n) is 12.0. The van der Waals surface area contributed by atoms with Gasteiger partial charge < -0.3 is 25.6 Å². The van der Waals surface area contributed by atoms with Crippen molar-refractivity contribution in [2.75, 3.05) is 26.7 Å². The molecule has 198 valence electrons. The van der Waals surface area contributed by atoms with Crippen LogP contribution in [-0.4, -0.2) is 49.5 Å². The lowest BCUT2D eigenvalue weighted by Gasteiger charge is -2.33. The molecular weight excluding hydrogens is 527 g/mol. The highest BCUT2D eigenvalue weighted by Crippen LogP contribution is 2.32. The quantitative estimate of drug-likeness (QED) is 0.395. The van der Waals surface area contributed by atoms with Crippen molar-refractivity contribution < 1.29 is 19.1 Å². The number of hydrogen-bond acceptors (Lipinski definition) is 4. The maximum absolute atomic E-state index is 13.6. The Bertz CT molecular complexity index is 1320. The highest BCUT2D eigenvalue weighted by Gasteiger charge is 2.31. The molecule has 0 radical (unpaired) electrons. The van der Waals surface area contributed by atoms with Crippen LogP contribution < -0.4 is 20.7 Å². The van der Waals surface area contributed by atoms with Crippen LogP contribution >= 0.6 is 23.2 Å². The number of piperazine rings is 1. The normalized spacial score (nSPS) is 14.7. The van der Waals surface area contributed by atoms with E-state index < -0.39 is 18.1 Å². The molecule has 4 amide bonds. The summed E-state index contributed by atoms with van der Waals surface area (Å²) in [5.41, 5.74) is 2.66. The Labute approximate surface area is 231 Å². The van der Waals surface area contributed by atoms with Crippen LogP contribution in [0.25, 0.3) is 0 Å². The highest BCUT2D eigenvalue weighted by molar-refractivity contribution is 6.30. The molecule has 0 spiro atoms.